The maximum atomic E-state index is 11.8. The van der Waals surface area contributed by atoms with Gasteiger partial charge in [0, 0.05) is 16.6 Å². The molecule has 1 amide bonds. The molecule has 1 aromatic rings. The number of carboxylic acid groups (broad SMARTS) is 1. The van der Waals surface area contributed by atoms with E-state index in [1.807, 2.05) is 13.8 Å². The van der Waals surface area contributed by atoms with Gasteiger partial charge in [0.1, 0.15) is 0 Å². The van der Waals surface area contributed by atoms with Crippen LogP contribution in [0.4, 0.5) is 0 Å². The van der Waals surface area contributed by atoms with Crippen molar-refractivity contribution in [3.63, 3.8) is 0 Å². The minimum Gasteiger partial charge on any atom is -0.481 e. The first-order valence-corrected chi connectivity index (χ1v) is 6.96. The lowest BCUT2D eigenvalue weighted by Crippen LogP contribution is -2.33. The predicted molar refractivity (Wildman–Crippen MR) is 77.1 cm³/mol. The standard InChI is InChI=1S/C14H18BrNO3/c1-9(2)7-11(14(18)19)8-16-13(17)10-3-5-12(15)6-4-10/h3-6,9,11H,7-8H2,1-2H3,(H,16,17)(H,18,19). The summed E-state index contributed by atoms with van der Waals surface area (Å²) in [7, 11) is 0. The van der Waals surface area contributed by atoms with Gasteiger partial charge in [0.05, 0.1) is 5.92 Å². The van der Waals surface area contributed by atoms with Gasteiger partial charge in [-0.05, 0) is 36.6 Å². The maximum absolute atomic E-state index is 11.8. The Hall–Kier alpha value is -1.36. The van der Waals surface area contributed by atoms with E-state index in [9.17, 15) is 9.59 Å². The van der Waals surface area contributed by atoms with Crippen molar-refractivity contribution in [1.29, 1.82) is 0 Å². The first-order valence-electron chi connectivity index (χ1n) is 6.16. The molecule has 1 rings (SSSR count). The molecule has 2 N–H and O–H groups in total. The molecule has 1 unspecified atom stereocenters. The molecular weight excluding hydrogens is 310 g/mol. The van der Waals surface area contributed by atoms with E-state index in [1.165, 1.54) is 0 Å². The number of hydrogen-bond acceptors (Lipinski definition) is 2. The number of benzene rings is 1. The van der Waals surface area contributed by atoms with Gasteiger partial charge in [0.25, 0.3) is 5.91 Å². The van der Waals surface area contributed by atoms with Gasteiger partial charge in [-0.1, -0.05) is 29.8 Å². The molecule has 4 nitrogen and oxygen atoms in total. The summed E-state index contributed by atoms with van der Waals surface area (Å²) in [6.07, 6.45) is 0.552. The van der Waals surface area contributed by atoms with Crippen LogP contribution < -0.4 is 5.32 Å². The number of hydrogen-bond donors (Lipinski definition) is 2. The number of carbonyl (C=O) groups is 2. The number of rotatable bonds is 6. The average Bonchev–Trinajstić information content (AvgIpc) is 2.34. The highest BCUT2D eigenvalue weighted by atomic mass is 79.9. The van der Waals surface area contributed by atoms with Crippen molar-refractivity contribution in [3.8, 4) is 0 Å². The van der Waals surface area contributed by atoms with E-state index in [1.54, 1.807) is 24.3 Å². The summed E-state index contributed by atoms with van der Waals surface area (Å²) in [5.74, 6) is -1.38. The first-order chi connectivity index (χ1) is 8.90. The second-order valence-electron chi connectivity index (χ2n) is 4.88. The Bertz CT molecular complexity index is 443. The fourth-order valence-electron chi connectivity index (χ4n) is 1.76. The van der Waals surface area contributed by atoms with Crippen molar-refractivity contribution in [3.05, 3.63) is 34.3 Å². The number of halogens is 1. The highest BCUT2D eigenvalue weighted by Gasteiger charge is 2.19. The molecule has 0 saturated heterocycles. The van der Waals surface area contributed by atoms with Gasteiger partial charge in [-0.25, -0.2) is 0 Å². The lowest BCUT2D eigenvalue weighted by Gasteiger charge is -2.15. The fraction of sp³-hybridized carbons (Fsp3) is 0.429. The van der Waals surface area contributed by atoms with Crippen molar-refractivity contribution in [2.45, 2.75) is 20.3 Å². The summed E-state index contributed by atoms with van der Waals surface area (Å²) in [5.41, 5.74) is 0.525. The van der Waals surface area contributed by atoms with Gasteiger partial charge in [0.2, 0.25) is 0 Å². The summed E-state index contributed by atoms with van der Waals surface area (Å²) in [6.45, 7) is 4.08. The van der Waals surface area contributed by atoms with Crippen LogP contribution in [0.2, 0.25) is 0 Å². The highest BCUT2D eigenvalue weighted by Crippen LogP contribution is 2.13. The molecule has 19 heavy (non-hydrogen) atoms. The van der Waals surface area contributed by atoms with Crippen LogP contribution in [-0.4, -0.2) is 23.5 Å². The maximum Gasteiger partial charge on any atom is 0.308 e. The topological polar surface area (TPSA) is 66.4 Å². The quantitative estimate of drug-likeness (QED) is 0.844. The summed E-state index contributed by atoms with van der Waals surface area (Å²) in [6, 6.07) is 6.94. The van der Waals surface area contributed by atoms with Gasteiger partial charge in [-0.2, -0.15) is 0 Å². The molecule has 0 radical (unpaired) electrons. The molecule has 0 aliphatic carbocycles. The normalized spacial score (nSPS) is 12.2. The van der Waals surface area contributed by atoms with Crippen molar-refractivity contribution in [2.24, 2.45) is 11.8 Å². The lowest BCUT2D eigenvalue weighted by atomic mass is 9.97. The number of amides is 1. The van der Waals surface area contributed by atoms with Crippen LogP contribution in [0.5, 0.6) is 0 Å². The van der Waals surface area contributed by atoms with Crippen LogP contribution in [0.3, 0.4) is 0 Å². The monoisotopic (exact) mass is 327 g/mol. The van der Waals surface area contributed by atoms with Gasteiger partial charge in [-0.3, -0.25) is 9.59 Å². The zero-order valence-electron chi connectivity index (χ0n) is 11.0. The SMILES string of the molecule is CC(C)CC(CNC(=O)c1ccc(Br)cc1)C(=O)O. The molecule has 0 heterocycles. The Morgan fingerprint density at radius 3 is 2.32 bits per heavy atom. The van der Waals surface area contributed by atoms with E-state index in [0.29, 0.717) is 12.0 Å². The average molecular weight is 328 g/mol. The van der Waals surface area contributed by atoms with E-state index in [-0.39, 0.29) is 18.4 Å². The van der Waals surface area contributed by atoms with Gasteiger partial charge in [0.15, 0.2) is 0 Å². The van der Waals surface area contributed by atoms with Crippen LogP contribution in [0, 0.1) is 11.8 Å². The molecule has 0 spiro atoms. The minimum absolute atomic E-state index is 0.155. The zero-order chi connectivity index (χ0) is 14.4. The zero-order valence-corrected chi connectivity index (χ0v) is 12.6. The number of carbonyl (C=O) groups excluding carboxylic acids is 1. The number of aliphatic carboxylic acids is 1. The molecule has 0 aliphatic rings. The smallest absolute Gasteiger partial charge is 0.308 e. The van der Waals surface area contributed by atoms with Crippen molar-refractivity contribution in [1.82, 2.24) is 5.32 Å². The molecule has 0 fully saturated rings. The Labute approximate surface area is 121 Å². The third-order valence-corrected chi connectivity index (χ3v) is 3.25. The fourth-order valence-corrected chi connectivity index (χ4v) is 2.02. The van der Waals surface area contributed by atoms with Crippen LogP contribution in [0.1, 0.15) is 30.6 Å². The van der Waals surface area contributed by atoms with Crippen LogP contribution in [0.15, 0.2) is 28.7 Å². The Morgan fingerprint density at radius 2 is 1.84 bits per heavy atom. The molecule has 1 atom stereocenters. The van der Waals surface area contributed by atoms with E-state index >= 15 is 0 Å². The van der Waals surface area contributed by atoms with Crippen molar-refractivity contribution in [2.75, 3.05) is 6.54 Å². The summed E-state index contributed by atoms with van der Waals surface area (Å²) >= 11 is 3.29. The second kappa shape index (κ2) is 7.28. The summed E-state index contributed by atoms with van der Waals surface area (Å²) < 4.78 is 0.896. The molecule has 0 aliphatic heterocycles. The largest absolute Gasteiger partial charge is 0.481 e. The predicted octanol–water partition coefficient (Wildman–Crippen LogP) is 2.93. The molecule has 104 valence electrons. The molecular formula is C14H18BrNO3. The Morgan fingerprint density at radius 1 is 1.26 bits per heavy atom. The molecule has 0 bridgehead atoms. The van der Waals surface area contributed by atoms with E-state index in [2.05, 4.69) is 21.2 Å². The molecule has 0 aromatic heterocycles. The second-order valence-corrected chi connectivity index (χ2v) is 5.80. The Kier molecular flexibility index (Phi) is 6.02. The van der Waals surface area contributed by atoms with E-state index in [4.69, 9.17) is 5.11 Å². The van der Waals surface area contributed by atoms with E-state index < -0.39 is 11.9 Å². The van der Waals surface area contributed by atoms with Gasteiger partial charge >= 0.3 is 5.97 Å². The van der Waals surface area contributed by atoms with Crippen LogP contribution in [0.25, 0.3) is 0 Å². The van der Waals surface area contributed by atoms with Crippen LogP contribution in [-0.2, 0) is 4.79 Å². The van der Waals surface area contributed by atoms with Gasteiger partial charge < -0.3 is 10.4 Å². The minimum atomic E-state index is -0.871. The summed E-state index contributed by atoms with van der Waals surface area (Å²) in [5, 5.41) is 11.8. The van der Waals surface area contributed by atoms with Crippen LogP contribution >= 0.6 is 15.9 Å². The third kappa shape index (κ3) is 5.42. The molecule has 0 saturated carbocycles. The highest BCUT2D eigenvalue weighted by molar-refractivity contribution is 9.10. The first kappa shape index (κ1) is 15.7. The molecule has 1 aromatic carbocycles. The third-order valence-electron chi connectivity index (χ3n) is 2.72. The number of nitrogens with one attached hydrogen (secondary N) is 1. The van der Waals surface area contributed by atoms with Crippen molar-refractivity contribution >= 4 is 27.8 Å². The van der Waals surface area contributed by atoms with Gasteiger partial charge in [-0.15, -0.1) is 0 Å². The Balaban J connectivity index is 2.56. The van der Waals surface area contributed by atoms with E-state index in [0.717, 1.165) is 4.47 Å². The molecule has 5 heteroatoms. The van der Waals surface area contributed by atoms with Crippen molar-refractivity contribution < 1.29 is 14.7 Å². The number of carboxylic acids is 1. The lowest BCUT2D eigenvalue weighted by molar-refractivity contribution is -0.142. The summed E-state index contributed by atoms with van der Waals surface area (Å²) in [4.78, 5) is 22.9.